The van der Waals surface area contributed by atoms with Gasteiger partial charge in [0.1, 0.15) is 23.1 Å². The van der Waals surface area contributed by atoms with Gasteiger partial charge >= 0.3 is 18.1 Å². The van der Waals surface area contributed by atoms with E-state index < -0.39 is 51.4 Å². The van der Waals surface area contributed by atoms with E-state index in [1.165, 1.54) is 0 Å². The van der Waals surface area contributed by atoms with Crippen LogP contribution in [-0.2, 0) is 43.6 Å². The van der Waals surface area contributed by atoms with Gasteiger partial charge in [-0.1, -0.05) is 20.8 Å². The van der Waals surface area contributed by atoms with Crippen molar-refractivity contribution in [2.45, 2.75) is 110 Å². The van der Waals surface area contributed by atoms with Crippen LogP contribution in [-0.4, -0.2) is 66.4 Å². The van der Waals surface area contributed by atoms with Gasteiger partial charge in [0.05, 0.1) is 6.61 Å². The average molecular weight is 679 g/mol. The average Bonchev–Trinajstić information content (AvgIpc) is 3.28. The third kappa shape index (κ3) is 7.07. The maximum Gasteiger partial charge on any atom is 0.429 e. The second-order valence-electron chi connectivity index (χ2n) is 14.7. The van der Waals surface area contributed by atoms with Crippen LogP contribution < -0.4 is 0 Å². The molecule has 1 unspecified atom stereocenters. The number of esters is 2. The van der Waals surface area contributed by atoms with Crippen molar-refractivity contribution in [2.75, 3.05) is 12.4 Å². The highest BCUT2D eigenvalue weighted by Gasteiger charge is 2.66. The molecule has 4 fully saturated rings. The quantitative estimate of drug-likeness (QED) is 0.178. The molecular weight excluding hydrogens is 633 g/mol. The van der Waals surface area contributed by atoms with Crippen molar-refractivity contribution >= 4 is 39.4 Å². The number of halogens is 3. The molecule has 0 radical (unpaired) electrons. The van der Waals surface area contributed by atoms with Crippen LogP contribution in [0.2, 0.25) is 0 Å². The van der Waals surface area contributed by atoms with Crippen molar-refractivity contribution < 1.29 is 59.6 Å². The Morgan fingerprint density at radius 1 is 1.02 bits per heavy atom. The first kappa shape index (κ1) is 36.5. The first-order valence-electron chi connectivity index (χ1n) is 16.1. The molecule has 0 spiro atoms. The normalized spacial score (nSPS) is 35.0. The van der Waals surface area contributed by atoms with Crippen LogP contribution in [0.25, 0.3) is 0 Å². The maximum absolute atomic E-state index is 13.9. The molecule has 14 heteroatoms. The van der Waals surface area contributed by atoms with Crippen LogP contribution in [0.4, 0.5) is 13.2 Å². The Morgan fingerprint density at radius 3 is 2.33 bits per heavy atom. The molecule has 4 aliphatic rings. The molecule has 0 saturated heterocycles. The largest absolute Gasteiger partial charge is 0.466 e. The van der Waals surface area contributed by atoms with Crippen molar-refractivity contribution in [1.82, 2.24) is 0 Å². The fourth-order valence-corrected chi connectivity index (χ4v) is 10.1. The van der Waals surface area contributed by atoms with Gasteiger partial charge in [-0.15, -0.1) is 0 Å². The Morgan fingerprint density at radius 2 is 1.70 bits per heavy atom. The highest BCUT2D eigenvalue weighted by molar-refractivity contribution is 7.85. The Hall–Kier alpha value is -2.35. The van der Waals surface area contributed by atoms with Gasteiger partial charge in [-0.05, 0) is 74.0 Å². The number of fused-ring (bicyclic) bond motifs is 5. The van der Waals surface area contributed by atoms with Crippen LogP contribution >= 0.6 is 0 Å². The van der Waals surface area contributed by atoms with E-state index in [0.29, 0.717) is 45.4 Å². The van der Waals surface area contributed by atoms with Crippen molar-refractivity contribution in [3.05, 3.63) is 0 Å². The summed E-state index contributed by atoms with van der Waals surface area (Å²) in [5.41, 5.74) is -4.33. The zero-order chi connectivity index (χ0) is 34.5. The summed E-state index contributed by atoms with van der Waals surface area (Å²) in [6, 6.07) is 0. The third-order valence-corrected chi connectivity index (χ3v) is 12.8. The van der Waals surface area contributed by atoms with Crippen LogP contribution in [0.1, 0.15) is 98.3 Å². The van der Waals surface area contributed by atoms with Crippen LogP contribution in [0.15, 0.2) is 0 Å². The number of rotatable bonds is 11. The minimum Gasteiger partial charge on any atom is -0.466 e. The molecule has 46 heavy (non-hydrogen) atoms. The first-order valence-corrected chi connectivity index (χ1v) is 17.7. The van der Waals surface area contributed by atoms with Gasteiger partial charge in [-0.3, -0.25) is 28.5 Å². The molecule has 0 heterocycles. The minimum absolute atomic E-state index is 0.00221. The van der Waals surface area contributed by atoms with E-state index in [9.17, 15) is 45.6 Å². The van der Waals surface area contributed by atoms with Crippen molar-refractivity contribution in [2.24, 2.45) is 46.3 Å². The van der Waals surface area contributed by atoms with E-state index in [-0.39, 0.29) is 77.7 Å². The summed E-state index contributed by atoms with van der Waals surface area (Å²) >= 11 is 0. The summed E-state index contributed by atoms with van der Waals surface area (Å²) in [7, 11) is -5.11. The molecular formula is C32H45F3O10S. The van der Waals surface area contributed by atoms with Crippen LogP contribution in [0.5, 0.6) is 0 Å². The number of ketones is 3. The summed E-state index contributed by atoms with van der Waals surface area (Å²) in [6.45, 7) is 6.19. The fraction of sp³-hybridized carbons (Fsp3) is 0.844. The predicted molar refractivity (Wildman–Crippen MR) is 157 cm³/mol. The van der Waals surface area contributed by atoms with Crippen molar-refractivity contribution in [3.8, 4) is 0 Å². The Balaban J connectivity index is 1.27. The number of ether oxygens (including phenoxy) is 2. The smallest absolute Gasteiger partial charge is 0.429 e. The molecule has 0 aliphatic heterocycles. The fourth-order valence-electron chi connectivity index (χ4n) is 9.23. The molecule has 260 valence electrons. The Bertz CT molecular complexity index is 1360. The molecule has 4 rings (SSSR count). The summed E-state index contributed by atoms with van der Waals surface area (Å²) in [4.78, 5) is 64.1. The SMILES string of the molecule is C[C@H](CCC(=O)OCCCC(=O)OC(C)(CS(=O)(=O)O)C(F)(F)F)[C@H]1CC[C@H]2[C@@H]3C(=O)C[C@@H]4CC(=O)CC[C@]4(C)[C@H]3CC(=O)[C@]12C. The molecule has 0 aromatic carbocycles. The van der Waals surface area contributed by atoms with Gasteiger partial charge in [-0.2, -0.15) is 21.6 Å². The molecule has 1 N–H and O–H groups in total. The zero-order valence-electron chi connectivity index (χ0n) is 26.8. The maximum atomic E-state index is 13.9. The molecule has 9 atom stereocenters. The lowest BCUT2D eigenvalue weighted by atomic mass is 9.44. The van der Waals surface area contributed by atoms with Crippen LogP contribution in [0, 0.1) is 46.3 Å². The van der Waals surface area contributed by atoms with E-state index in [1.807, 2.05) is 13.8 Å². The number of carbonyl (C=O) groups is 5. The lowest BCUT2D eigenvalue weighted by Gasteiger charge is -2.58. The van der Waals surface area contributed by atoms with Gasteiger partial charge in [0.25, 0.3) is 10.1 Å². The standard InChI is InChI=1S/C32H45F3O10S/c1-18(7-10-26(39)44-13-5-6-27(40)45-30(3,32(33,34)35)17-46(41,42)43)21-8-9-22-28-23(16-25(38)31(21,22)4)29(2)12-11-20(36)14-19(29)15-24(28)37/h18-19,21-23,28H,5-17H2,1-4H3,(H,41,42,43)/t18-,19+,21-,22+,23+,28+,29+,30?,31-/m1/s1. The van der Waals surface area contributed by atoms with E-state index >= 15 is 0 Å². The van der Waals surface area contributed by atoms with E-state index in [0.717, 1.165) is 12.8 Å². The van der Waals surface area contributed by atoms with E-state index in [4.69, 9.17) is 9.29 Å². The topological polar surface area (TPSA) is 158 Å². The zero-order valence-corrected chi connectivity index (χ0v) is 27.6. The molecule has 0 bridgehead atoms. The van der Waals surface area contributed by atoms with Gasteiger partial charge in [0.2, 0.25) is 5.60 Å². The minimum atomic E-state index is -5.26. The number of hydrogen-bond acceptors (Lipinski definition) is 9. The molecule has 10 nitrogen and oxygen atoms in total. The summed E-state index contributed by atoms with van der Waals surface area (Å²) in [5, 5.41) is 0. The summed E-state index contributed by atoms with van der Waals surface area (Å²) in [6.07, 6.45) is -1.71. The lowest BCUT2D eigenvalue weighted by Crippen LogP contribution is -2.60. The van der Waals surface area contributed by atoms with Gasteiger partial charge < -0.3 is 9.47 Å². The molecule has 0 aromatic rings. The number of Topliss-reactive ketones (excluding diaryl/α,β-unsaturated/α-hetero) is 3. The molecule has 4 aliphatic carbocycles. The second-order valence-corrected chi connectivity index (χ2v) is 16.2. The third-order valence-electron chi connectivity index (χ3n) is 11.9. The highest BCUT2D eigenvalue weighted by atomic mass is 32.2. The number of carbonyl (C=O) groups excluding carboxylic acids is 5. The molecule has 0 aromatic heterocycles. The van der Waals surface area contributed by atoms with E-state index in [1.54, 1.807) is 0 Å². The number of hydrogen-bond donors (Lipinski definition) is 1. The Labute approximate surface area is 267 Å². The van der Waals surface area contributed by atoms with Crippen molar-refractivity contribution in [1.29, 1.82) is 0 Å². The first-order chi connectivity index (χ1) is 21.1. The van der Waals surface area contributed by atoms with Gasteiger partial charge in [0.15, 0.2) is 0 Å². The predicted octanol–water partition coefficient (Wildman–Crippen LogP) is 5.06. The molecule has 0 amide bonds. The second kappa shape index (κ2) is 12.9. The monoisotopic (exact) mass is 678 g/mol. The summed E-state index contributed by atoms with van der Waals surface area (Å²) in [5.74, 6) is -3.65. The van der Waals surface area contributed by atoms with Crippen LogP contribution in [0.3, 0.4) is 0 Å². The van der Waals surface area contributed by atoms with Gasteiger partial charge in [0, 0.05) is 49.9 Å². The van der Waals surface area contributed by atoms with Crippen molar-refractivity contribution in [3.63, 3.8) is 0 Å². The lowest BCUT2D eigenvalue weighted by molar-refractivity contribution is -0.256. The number of alkyl halides is 3. The summed E-state index contributed by atoms with van der Waals surface area (Å²) < 4.78 is 80.3. The molecule has 4 saturated carbocycles. The van der Waals surface area contributed by atoms with Gasteiger partial charge in [-0.25, -0.2) is 0 Å². The van der Waals surface area contributed by atoms with E-state index in [2.05, 4.69) is 11.7 Å². The highest BCUT2D eigenvalue weighted by Crippen LogP contribution is 2.66. The Kier molecular flexibility index (Phi) is 10.3.